The SMILES string of the molecule is COc1ccc(C)cc1N1C[C@@H](C(=O)Nc2ccc3c(ccn3CCN3CCOCC3)c2)CC1=O. The van der Waals surface area contributed by atoms with Gasteiger partial charge in [-0.2, -0.15) is 0 Å². The molecule has 8 heteroatoms. The fourth-order valence-corrected chi connectivity index (χ4v) is 4.92. The van der Waals surface area contributed by atoms with E-state index in [2.05, 4.69) is 27.0 Å². The van der Waals surface area contributed by atoms with Crippen LogP contribution in [0.25, 0.3) is 10.9 Å². The minimum absolute atomic E-state index is 0.0677. The lowest BCUT2D eigenvalue weighted by Crippen LogP contribution is -2.38. The van der Waals surface area contributed by atoms with Crippen LogP contribution >= 0.6 is 0 Å². The summed E-state index contributed by atoms with van der Waals surface area (Å²) in [5.41, 5.74) is 3.64. The fourth-order valence-electron chi connectivity index (χ4n) is 4.92. The first-order valence-electron chi connectivity index (χ1n) is 12.2. The predicted molar refractivity (Wildman–Crippen MR) is 136 cm³/mol. The number of rotatable bonds is 7. The number of anilines is 2. The molecular weight excluding hydrogens is 444 g/mol. The van der Waals surface area contributed by atoms with Gasteiger partial charge in [-0.15, -0.1) is 0 Å². The van der Waals surface area contributed by atoms with E-state index in [0.717, 1.165) is 61.5 Å². The maximum Gasteiger partial charge on any atom is 0.229 e. The van der Waals surface area contributed by atoms with Crippen molar-refractivity contribution in [2.45, 2.75) is 19.9 Å². The number of hydrogen-bond donors (Lipinski definition) is 1. The van der Waals surface area contributed by atoms with Gasteiger partial charge in [0.2, 0.25) is 11.8 Å². The highest BCUT2D eigenvalue weighted by Crippen LogP contribution is 2.34. The van der Waals surface area contributed by atoms with Crippen molar-refractivity contribution in [1.82, 2.24) is 9.47 Å². The Morgan fingerprint density at radius 2 is 1.94 bits per heavy atom. The van der Waals surface area contributed by atoms with Crippen LogP contribution in [-0.2, 0) is 20.9 Å². The van der Waals surface area contributed by atoms with Crippen molar-refractivity contribution in [2.24, 2.45) is 5.92 Å². The number of morpholine rings is 1. The molecule has 0 radical (unpaired) electrons. The van der Waals surface area contributed by atoms with Crippen molar-refractivity contribution in [3.63, 3.8) is 0 Å². The number of fused-ring (bicyclic) bond motifs is 1. The number of methoxy groups -OCH3 is 1. The molecule has 1 N–H and O–H groups in total. The molecule has 2 aromatic carbocycles. The highest BCUT2D eigenvalue weighted by Gasteiger charge is 2.36. The Morgan fingerprint density at radius 3 is 2.74 bits per heavy atom. The van der Waals surface area contributed by atoms with Crippen LogP contribution in [0.3, 0.4) is 0 Å². The second-order valence-electron chi connectivity index (χ2n) is 9.31. The van der Waals surface area contributed by atoms with Gasteiger partial charge in [0, 0.05) is 61.9 Å². The number of carbonyl (C=O) groups is 2. The Kier molecular flexibility index (Phi) is 6.74. The molecule has 2 aliphatic heterocycles. The third-order valence-electron chi connectivity index (χ3n) is 6.92. The van der Waals surface area contributed by atoms with Crippen LogP contribution in [0.1, 0.15) is 12.0 Å². The van der Waals surface area contributed by atoms with Gasteiger partial charge in [-0.1, -0.05) is 6.07 Å². The molecule has 1 atom stereocenters. The van der Waals surface area contributed by atoms with Crippen LogP contribution in [-0.4, -0.2) is 67.8 Å². The number of ether oxygens (including phenoxy) is 2. The Labute approximate surface area is 205 Å². The van der Waals surface area contributed by atoms with Gasteiger partial charge in [0.15, 0.2) is 0 Å². The lowest BCUT2D eigenvalue weighted by molar-refractivity contribution is -0.122. The number of nitrogens with one attached hydrogen (secondary N) is 1. The van der Waals surface area contributed by atoms with E-state index in [1.54, 1.807) is 12.0 Å². The minimum Gasteiger partial charge on any atom is -0.495 e. The summed E-state index contributed by atoms with van der Waals surface area (Å²) in [5.74, 6) is 0.00976. The van der Waals surface area contributed by atoms with Gasteiger partial charge >= 0.3 is 0 Å². The van der Waals surface area contributed by atoms with E-state index in [9.17, 15) is 9.59 Å². The van der Waals surface area contributed by atoms with Crippen LogP contribution in [0, 0.1) is 12.8 Å². The van der Waals surface area contributed by atoms with E-state index in [-0.39, 0.29) is 18.2 Å². The van der Waals surface area contributed by atoms with E-state index in [0.29, 0.717) is 18.0 Å². The van der Waals surface area contributed by atoms with Gasteiger partial charge in [-0.3, -0.25) is 14.5 Å². The zero-order chi connectivity index (χ0) is 24.4. The van der Waals surface area contributed by atoms with E-state index in [1.165, 1.54) is 0 Å². The Hall–Kier alpha value is -3.36. The Bertz CT molecular complexity index is 1230. The maximum absolute atomic E-state index is 13.0. The van der Waals surface area contributed by atoms with Crippen LogP contribution in [0.2, 0.25) is 0 Å². The zero-order valence-electron chi connectivity index (χ0n) is 20.3. The molecule has 2 saturated heterocycles. The third kappa shape index (κ3) is 5.04. The second kappa shape index (κ2) is 10.1. The van der Waals surface area contributed by atoms with Gasteiger partial charge in [0.1, 0.15) is 5.75 Å². The standard InChI is InChI=1S/C27H32N4O4/c1-19-3-6-25(34-2)24(15-19)31-18-21(17-26(31)32)27(33)28-22-4-5-23-20(16-22)7-8-30(23)10-9-29-11-13-35-14-12-29/h3-8,15-16,21H,9-14,17-18H2,1-2H3,(H,28,33)/t21-/m0/s1. The van der Waals surface area contributed by atoms with Crippen molar-refractivity contribution < 1.29 is 19.1 Å². The molecule has 0 bridgehead atoms. The third-order valence-corrected chi connectivity index (χ3v) is 6.92. The predicted octanol–water partition coefficient (Wildman–Crippen LogP) is 3.28. The van der Waals surface area contributed by atoms with E-state index in [4.69, 9.17) is 9.47 Å². The molecule has 0 aliphatic carbocycles. The summed E-state index contributed by atoms with van der Waals surface area (Å²) >= 11 is 0. The molecule has 35 heavy (non-hydrogen) atoms. The summed E-state index contributed by atoms with van der Waals surface area (Å²) in [4.78, 5) is 29.9. The lowest BCUT2D eigenvalue weighted by Gasteiger charge is -2.26. The number of hydrogen-bond acceptors (Lipinski definition) is 5. The fraction of sp³-hybridized carbons (Fsp3) is 0.407. The number of amides is 2. The summed E-state index contributed by atoms with van der Waals surface area (Å²) in [6.07, 6.45) is 2.28. The number of carbonyl (C=O) groups excluding carboxylic acids is 2. The largest absolute Gasteiger partial charge is 0.495 e. The monoisotopic (exact) mass is 476 g/mol. The number of aromatic nitrogens is 1. The minimum atomic E-state index is -0.415. The Morgan fingerprint density at radius 1 is 1.11 bits per heavy atom. The molecule has 0 unspecified atom stereocenters. The van der Waals surface area contributed by atoms with Crippen molar-refractivity contribution in [2.75, 3.05) is 56.7 Å². The van der Waals surface area contributed by atoms with Crippen LogP contribution in [0.4, 0.5) is 11.4 Å². The van der Waals surface area contributed by atoms with Gasteiger partial charge in [0.05, 0.1) is 31.9 Å². The molecule has 0 spiro atoms. The molecule has 0 saturated carbocycles. The number of nitrogens with zero attached hydrogens (tertiary/aromatic N) is 3. The van der Waals surface area contributed by atoms with E-state index >= 15 is 0 Å². The topological polar surface area (TPSA) is 76.0 Å². The van der Waals surface area contributed by atoms with Gasteiger partial charge in [-0.05, 0) is 48.9 Å². The second-order valence-corrected chi connectivity index (χ2v) is 9.31. The first kappa shape index (κ1) is 23.4. The first-order chi connectivity index (χ1) is 17.0. The molecule has 5 rings (SSSR count). The molecule has 2 fully saturated rings. The smallest absolute Gasteiger partial charge is 0.229 e. The summed E-state index contributed by atoms with van der Waals surface area (Å²) < 4.78 is 13.1. The average Bonchev–Trinajstić information content (AvgIpc) is 3.46. The van der Waals surface area contributed by atoms with Crippen LogP contribution in [0.15, 0.2) is 48.7 Å². The van der Waals surface area contributed by atoms with Crippen molar-refractivity contribution >= 4 is 34.1 Å². The van der Waals surface area contributed by atoms with Crippen molar-refractivity contribution in [3.8, 4) is 5.75 Å². The number of aryl methyl sites for hydroxylation is 1. The molecule has 8 nitrogen and oxygen atoms in total. The van der Waals surface area contributed by atoms with E-state index in [1.807, 2.05) is 43.3 Å². The highest BCUT2D eigenvalue weighted by molar-refractivity contribution is 6.04. The molecule has 184 valence electrons. The molecular formula is C27H32N4O4. The highest BCUT2D eigenvalue weighted by atomic mass is 16.5. The van der Waals surface area contributed by atoms with Gasteiger partial charge in [-0.25, -0.2) is 0 Å². The molecule has 2 aliphatic rings. The average molecular weight is 477 g/mol. The van der Waals surface area contributed by atoms with Crippen molar-refractivity contribution in [1.29, 1.82) is 0 Å². The first-order valence-corrected chi connectivity index (χ1v) is 12.2. The zero-order valence-corrected chi connectivity index (χ0v) is 20.3. The number of benzene rings is 2. The normalized spacial score (nSPS) is 18.9. The van der Waals surface area contributed by atoms with Crippen molar-refractivity contribution in [3.05, 3.63) is 54.2 Å². The lowest BCUT2D eigenvalue weighted by atomic mass is 10.1. The van der Waals surface area contributed by atoms with Gasteiger partial charge in [0.25, 0.3) is 0 Å². The summed E-state index contributed by atoms with van der Waals surface area (Å²) in [6.45, 7) is 7.78. The molecule has 2 amide bonds. The molecule has 1 aromatic heterocycles. The summed E-state index contributed by atoms with van der Waals surface area (Å²) in [7, 11) is 1.59. The quantitative estimate of drug-likeness (QED) is 0.567. The van der Waals surface area contributed by atoms with Crippen LogP contribution in [0.5, 0.6) is 5.75 Å². The van der Waals surface area contributed by atoms with E-state index < -0.39 is 5.92 Å². The Balaban J connectivity index is 1.23. The van der Waals surface area contributed by atoms with Gasteiger partial charge < -0.3 is 24.3 Å². The molecule has 3 aromatic rings. The van der Waals surface area contributed by atoms with Crippen LogP contribution < -0.4 is 15.0 Å². The maximum atomic E-state index is 13.0. The molecule has 3 heterocycles. The summed E-state index contributed by atoms with van der Waals surface area (Å²) in [6, 6.07) is 13.8. The summed E-state index contributed by atoms with van der Waals surface area (Å²) in [5, 5.41) is 4.10.